The van der Waals surface area contributed by atoms with Crippen molar-refractivity contribution in [2.24, 2.45) is 0 Å². The largest absolute Gasteiger partial charge is 0.354 e. The molecule has 0 saturated carbocycles. The lowest BCUT2D eigenvalue weighted by Gasteiger charge is -2.23. The zero-order valence-corrected chi connectivity index (χ0v) is 15.7. The standard InChI is InChI=1S/C22H23N5/c1-16-3-7-18(8-4-16)21-13-22(26(2)20-11-12-24-15-20)25-27(21)19-9-5-17(14-23)6-10-19/h3-10,13,20,24H,11-12,15H2,1-2H3/t20-/m1/s1. The van der Waals surface area contributed by atoms with Gasteiger partial charge >= 0.3 is 0 Å². The predicted octanol–water partition coefficient (Wildman–Crippen LogP) is 3.52. The van der Waals surface area contributed by atoms with Crippen LogP contribution in [0.3, 0.4) is 0 Å². The van der Waals surface area contributed by atoms with Gasteiger partial charge in [-0.25, -0.2) is 4.68 Å². The average molecular weight is 357 g/mol. The summed E-state index contributed by atoms with van der Waals surface area (Å²) < 4.78 is 1.97. The number of anilines is 1. The van der Waals surface area contributed by atoms with E-state index in [-0.39, 0.29) is 0 Å². The number of aryl methyl sites for hydroxylation is 1. The van der Waals surface area contributed by atoms with Crippen molar-refractivity contribution in [3.05, 3.63) is 65.7 Å². The number of aromatic nitrogens is 2. The van der Waals surface area contributed by atoms with Gasteiger partial charge in [0.25, 0.3) is 0 Å². The van der Waals surface area contributed by atoms with Gasteiger partial charge in [-0.05, 0) is 44.2 Å². The minimum atomic E-state index is 0.459. The Morgan fingerprint density at radius 1 is 1.15 bits per heavy atom. The fourth-order valence-electron chi connectivity index (χ4n) is 3.50. The van der Waals surface area contributed by atoms with E-state index in [9.17, 15) is 0 Å². The molecule has 1 atom stereocenters. The molecular formula is C22H23N5. The SMILES string of the molecule is Cc1ccc(-c2cc(N(C)[C@@H]3CCNC3)nn2-c2ccc(C#N)cc2)cc1. The smallest absolute Gasteiger partial charge is 0.151 e. The van der Waals surface area contributed by atoms with Crippen molar-refractivity contribution in [2.45, 2.75) is 19.4 Å². The van der Waals surface area contributed by atoms with Crippen LogP contribution in [0.1, 0.15) is 17.5 Å². The van der Waals surface area contributed by atoms with E-state index in [1.54, 1.807) is 0 Å². The van der Waals surface area contributed by atoms with Crippen LogP contribution in [0, 0.1) is 18.3 Å². The number of rotatable bonds is 4. The summed E-state index contributed by atoms with van der Waals surface area (Å²) >= 11 is 0. The summed E-state index contributed by atoms with van der Waals surface area (Å²) in [4.78, 5) is 2.26. The van der Waals surface area contributed by atoms with Crippen LogP contribution in [0.2, 0.25) is 0 Å². The molecule has 1 fully saturated rings. The van der Waals surface area contributed by atoms with E-state index in [0.29, 0.717) is 11.6 Å². The Kier molecular flexibility index (Phi) is 4.66. The zero-order valence-electron chi connectivity index (χ0n) is 15.7. The molecule has 1 aliphatic heterocycles. The Hall–Kier alpha value is -3.10. The molecule has 2 aromatic carbocycles. The Balaban J connectivity index is 1.79. The van der Waals surface area contributed by atoms with Gasteiger partial charge in [-0.1, -0.05) is 29.8 Å². The van der Waals surface area contributed by atoms with E-state index in [4.69, 9.17) is 10.4 Å². The summed E-state index contributed by atoms with van der Waals surface area (Å²) in [6.07, 6.45) is 1.13. The van der Waals surface area contributed by atoms with E-state index < -0.39 is 0 Å². The molecule has 1 aromatic heterocycles. The lowest BCUT2D eigenvalue weighted by Crippen LogP contribution is -2.33. The number of hydrogen-bond donors (Lipinski definition) is 1. The monoisotopic (exact) mass is 357 g/mol. The molecule has 136 valence electrons. The lowest BCUT2D eigenvalue weighted by atomic mass is 10.1. The fraction of sp³-hybridized carbons (Fsp3) is 0.273. The second-order valence-corrected chi connectivity index (χ2v) is 7.08. The van der Waals surface area contributed by atoms with Crippen molar-refractivity contribution in [3.8, 4) is 23.0 Å². The summed E-state index contributed by atoms with van der Waals surface area (Å²) in [5.74, 6) is 0.962. The molecule has 3 aromatic rings. The molecule has 4 rings (SSSR count). The first-order chi connectivity index (χ1) is 13.2. The average Bonchev–Trinajstić information content (AvgIpc) is 3.38. The van der Waals surface area contributed by atoms with E-state index in [1.165, 1.54) is 5.56 Å². The third-order valence-corrected chi connectivity index (χ3v) is 5.23. The number of likely N-dealkylation sites (N-methyl/N-ethyl adjacent to an activating group) is 1. The Morgan fingerprint density at radius 2 is 1.89 bits per heavy atom. The van der Waals surface area contributed by atoms with Crippen molar-refractivity contribution < 1.29 is 0 Å². The molecule has 27 heavy (non-hydrogen) atoms. The van der Waals surface area contributed by atoms with Crippen LogP contribution in [0.4, 0.5) is 5.82 Å². The third kappa shape index (κ3) is 3.44. The Bertz CT molecular complexity index is 957. The van der Waals surface area contributed by atoms with Crippen molar-refractivity contribution in [1.82, 2.24) is 15.1 Å². The summed E-state index contributed by atoms with van der Waals surface area (Å²) in [5, 5.41) is 17.4. The highest BCUT2D eigenvalue weighted by atomic mass is 15.4. The maximum Gasteiger partial charge on any atom is 0.151 e. The molecule has 5 heteroatoms. The molecule has 5 nitrogen and oxygen atoms in total. The molecule has 0 bridgehead atoms. The third-order valence-electron chi connectivity index (χ3n) is 5.23. The molecule has 1 saturated heterocycles. The quantitative estimate of drug-likeness (QED) is 0.776. The van der Waals surface area contributed by atoms with Crippen LogP contribution in [-0.4, -0.2) is 36.0 Å². The van der Waals surface area contributed by atoms with Gasteiger partial charge in [0.1, 0.15) is 0 Å². The second kappa shape index (κ2) is 7.26. The van der Waals surface area contributed by atoms with Crippen LogP contribution < -0.4 is 10.2 Å². The second-order valence-electron chi connectivity index (χ2n) is 7.08. The molecule has 0 spiro atoms. The molecule has 1 N–H and O–H groups in total. The molecule has 0 radical (unpaired) electrons. The maximum atomic E-state index is 9.07. The Morgan fingerprint density at radius 3 is 2.52 bits per heavy atom. The number of nitrogens with zero attached hydrogens (tertiary/aromatic N) is 4. The van der Waals surface area contributed by atoms with Crippen molar-refractivity contribution >= 4 is 5.82 Å². The predicted molar refractivity (Wildman–Crippen MR) is 108 cm³/mol. The van der Waals surface area contributed by atoms with Gasteiger partial charge in [-0.2, -0.15) is 5.26 Å². The summed E-state index contributed by atoms with van der Waals surface area (Å²) in [7, 11) is 2.11. The summed E-state index contributed by atoms with van der Waals surface area (Å²) in [6, 6.07) is 20.9. The molecule has 0 aliphatic carbocycles. The number of nitriles is 1. The topological polar surface area (TPSA) is 56.9 Å². The van der Waals surface area contributed by atoms with E-state index in [1.807, 2.05) is 28.9 Å². The van der Waals surface area contributed by atoms with Gasteiger partial charge in [-0.15, -0.1) is 5.10 Å². The number of nitrogens with one attached hydrogen (secondary N) is 1. The first kappa shape index (κ1) is 17.3. The summed E-state index contributed by atoms with van der Waals surface area (Å²) in [6.45, 7) is 4.13. The van der Waals surface area contributed by atoms with Crippen LogP contribution in [-0.2, 0) is 0 Å². The highest BCUT2D eigenvalue weighted by Crippen LogP contribution is 2.29. The highest BCUT2D eigenvalue weighted by Gasteiger charge is 2.23. The van der Waals surface area contributed by atoms with Gasteiger partial charge in [-0.3, -0.25) is 0 Å². The maximum absolute atomic E-state index is 9.07. The molecule has 0 unspecified atom stereocenters. The van der Waals surface area contributed by atoms with E-state index in [0.717, 1.165) is 42.3 Å². The molecular weight excluding hydrogens is 334 g/mol. The van der Waals surface area contributed by atoms with Gasteiger partial charge in [0.2, 0.25) is 0 Å². The van der Waals surface area contributed by atoms with Gasteiger partial charge in [0.15, 0.2) is 5.82 Å². The number of hydrogen-bond acceptors (Lipinski definition) is 4. The minimum absolute atomic E-state index is 0.459. The summed E-state index contributed by atoms with van der Waals surface area (Å²) in [5.41, 5.74) is 5.01. The highest BCUT2D eigenvalue weighted by molar-refractivity contribution is 5.67. The van der Waals surface area contributed by atoms with Crippen molar-refractivity contribution in [3.63, 3.8) is 0 Å². The lowest BCUT2D eigenvalue weighted by molar-refractivity contribution is 0.672. The van der Waals surface area contributed by atoms with E-state index >= 15 is 0 Å². The zero-order chi connectivity index (χ0) is 18.8. The normalized spacial score (nSPS) is 16.3. The van der Waals surface area contributed by atoms with Crippen LogP contribution in [0.15, 0.2) is 54.6 Å². The minimum Gasteiger partial charge on any atom is -0.354 e. The molecule has 0 amide bonds. The van der Waals surface area contributed by atoms with Crippen molar-refractivity contribution in [1.29, 1.82) is 5.26 Å². The van der Waals surface area contributed by atoms with E-state index in [2.05, 4.69) is 60.6 Å². The van der Waals surface area contributed by atoms with Crippen LogP contribution >= 0.6 is 0 Å². The molecule has 1 aliphatic rings. The fourth-order valence-corrected chi connectivity index (χ4v) is 3.50. The molecule has 2 heterocycles. The Labute approximate surface area is 159 Å². The van der Waals surface area contributed by atoms with Gasteiger partial charge in [0.05, 0.1) is 23.0 Å². The number of benzene rings is 2. The van der Waals surface area contributed by atoms with Crippen molar-refractivity contribution in [2.75, 3.05) is 25.0 Å². The van der Waals surface area contributed by atoms with Gasteiger partial charge < -0.3 is 10.2 Å². The van der Waals surface area contributed by atoms with Crippen LogP contribution in [0.5, 0.6) is 0 Å². The van der Waals surface area contributed by atoms with Gasteiger partial charge in [0, 0.05) is 31.3 Å². The first-order valence-electron chi connectivity index (χ1n) is 9.27. The van der Waals surface area contributed by atoms with Crippen LogP contribution in [0.25, 0.3) is 16.9 Å². The first-order valence-corrected chi connectivity index (χ1v) is 9.27.